The second-order valence-corrected chi connectivity index (χ2v) is 5.39. The SMILES string of the molecule is CC(C(=O)O)n1cc(Nc2nc(-c3ccoc3)nc3cn[nH]c23)cn1. The summed E-state index contributed by atoms with van der Waals surface area (Å²) in [6.45, 7) is 1.55. The van der Waals surface area contributed by atoms with Gasteiger partial charge in [0.25, 0.3) is 0 Å². The highest BCUT2D eigenvalue weighted by Crippen LogP contribution is 2.26. The number of nitrogens with one attached hydrogen (secondary N) is 2. The summed E-state index contributed by atoms with van der Waals surface area (Å²) in [5.74, 6) is 0.0209. The maximum atomic E-state index is 11.1. The van der Waals surface area contributed by atoms with Crippen LogP contribution < -0.4 is 5.32 Å². The summed E-state index contributed by atoms with van der Waals surface area (Å²) in [5.41, 5.74) is 2.61. The van der Waals surface area contributed by atoms with Crippen LogP contribution in [0.3, 0.4) is 0 Å². The highest BCUT2D eigenvalue weighted by molar-refractivity contribution is 5.88. The Hall–Kier alpha value is -3.69. The van der Waals surface area contributed by atoms with Crippen molar-refractivity contribution in [2.24, 2.45) is 0 Å². The van der Waals surface area contributed by atoms with Gasteiger partial charge in [-0.15, -0.1) is 0 Å². The third-order valence-corrected chi connectivity index (χ3v) is 3.70. The van der Waals surface area contributed by atoms with Crippen molar-refractivity contribution in [1.82, 2.24) is 29.9 Å². The van der Waals surface area contributed by atoms with E-state index in [2.05, 4.69) is 30.6 Å². The van der Waals surface area contributed by atoms with E-state index in [1.165, 1.54) is 10.9 Å². The van der Waals surface area contributed by atoms with E-state index in [1.54, 1.807) is 37.9 Å². The fraction of sp³-hybridized carbons (Fsp3) is 0.133. The maximum absolute atomic E-state index is 11.1. The number of aromatic amines is 1. The topological polar surface area (TPSA) is 135 Å². The molecule has 10 heteroatoms. The van der Waals surface area contributed by atoms with E-state index in [0.717, 1.165) is 5.56 Å². The molecule has 4 aromatic rings. The predicted octanol–water partition coefficient (Wildman–Crippen LogP) is 2.20. The normalized spacial score (nSPS) is 12.4. The zero-order valence-corrected chi connectivity index (χ0v) is 13.0. The molecule has 0 spiro atoms. The summed E-state index contributed by atoms with van der Waals surface area (Å²) in [6, 6.07) is 0.993. The predicted molar refractivity (Wildman–Crippen MR) is 87.2 cm³/mol. The molecule has 0 aliphatic carbocycles. The molecule has 3 N–H and O–H groups in total. The first-order valence-electron chi connectivity index (χ1n) is 7.39. The number of fused-ring (bicyclic) bond motifs is 1. The Kier molecular flexibility index (Phi) is 3.42. The van der Waals surface area contributed by atoms with Crippen LogP contribution in [0.15, 0.2) is 41.6 Å². The highest BCUT2D eigenvalue weighted by Gasteiger charge is 2.16. The molecule has 0 fully saturated rings. The summed E-state index contributed by atoms with van der Waals surface area (Å²) < 4.78 is 6.43. The first-order valence-corrected chi connectivity index (χ1v) is 7.39. The van der Waals surface area contributed by atoms with Crippen LogP contribution in [-0.2, 0) is 4.79 Å². The molecule has 0 saturated carbocycles. The summed E-state index contributed by atoms with van der Waals surface area (Å²) in [4.78, 5) is 20.0. The Morgan fingerprint density at radius 1 is 1.40 bits per heavy atom. The number of aromatic nitrogens is 6. The average Bonchev–Trinajstić information content (AvgIpc) is 3.34. The third-order valence-electron chi connectivity index (χ3n) is 3.70. The molecular formula is C15H13N7O3. The molecule has 10 nitrogen and oxygen atoms in total. The van der Waals surface area contributed by atoms with Gasteiger partial charge in [-0.25, -0.2) is 14.8 Å². The summed E-state index contributed by atoms with van der Waals surface area (Å²) in [6.07, 6.45) is 7.82. The number of rotatable bonds is 5. The van der Waals surface area contributed by atoms with Gasteiger partial charge in [-0.1, -0.05) is 0 Å². The van der Waals surface area contributed by atoms with Crippen LogP contribution in [0.25, 0.3) is 22.4 Å². The second kappa shape index (κ2) is 5.74. The van der Waals surface area contributed by atoms with Gasteiger partial charge in [0, 0.05) is 6.20 Å². The maximum Gasteiger partial charge on any atom is 0.328 e. The molecule has 0 aliphatic rings. The van der Waals surface area contributed by atoms with E-state index < -0.39 is 12.0 Å². The minimum atomic E-state index is -0.963. The molecule has 1 atom stereocenters. The van der Waals surface area contributed by atoms with Gasteiger partial charge in [-0.3, -0.25) is 9.78 Å². The van der Waals surface area contributed by atoms with Crippen LogP contribution in [0.1, 0.15) is 13.0 Å². The van der Waals surface area contributed by atoms with Crippen molar-refractivity contribution in [1.29, 1.82) is 0 Å². The fourth-order valence-corrected chi connectivity index (χ4v) is 2.32. The Labute approximate surface area is 140 Å². The average molecular weight is 339 g/mol. The van der Waals surface area contributed by atoms with Crippen molar-refractivity contribution in [3.8, 4) is 11.4 Å². The van der Waals surface area contributed by atoms with Gasteiger partial charge in [-0.05, 0) is 13.0 Å². The van der Waals surface area contributed by atoms with Crippen LogP contribution in [0.5, 0.6) is 0 Å². The lowest BCUT2D eigenvalue weighted by molar-refractivity contribution is -0.140. The molecule has 0 aliphatic heterocycles. The molecule has 1 unspecified atom stereocenters. The third kappa shape index (κ3) is 2.69. The van der Waals surface area contributed by atoms with Crippen LogP contribution in [0, 0.1) is 0 Å². The minimum Gasteiger partial charge on any atom is -0.480 e. The van der Waals surface area contributed by atoms with Gasteiger partial charge in [0.15, 0.2) is 11.6 Å². The monoisotopic (exact) mass is 339 g/mol. The molecular weight excluding hydrogens is 326 g/mol. The van der Waals surface area contributed by atoms with Gasteiger partial charge < -0.3 is 14.8 Å². The van der Waals surface area contributed by atoms with Crippen LogP contribution in [0.4, 0.5) is 11.5 Å². The number of furan rings is 1. The van der Waals surface area contributed by atoms with Crippen molar-refractivity contribution in [2.75, 3.05) is 5.32 Å². The Balaban J connectivity index is 1.71. The zero-order chi connectivity index (χ0) is 17.4. The largest absolute Gasteiger partial charge is 0.480 e. The van der Waals surface area contributed by atoms with Gasteiger partial charge in [0.2, 0.25) is 0 Å². The van der Waals surface area contributed by atoms with E-state index in [9.17, 15) is 4.79 Å². The number of aliphatic carboxylic acids is 1. The number of H-pyrrole nitrogens is 1. The Morgan fingerprint density at radius 2 is 2.28 bits per heavy atom. The molecule has 4 heterocycles. The van der Waals surface area contributed by atoms with Gasteiger partial charge in [0.1, 0.15) is 23.3 Å². The van der Waals surface area contributed by atoms with Crippen LogP contribution >= 0.6 is 0 Å². The van der Waals surface area contributed by atoms with Crippen molar-refractivity contribution in [3.63, 3.8) is 0 Å². The number of carbonyl (C=O) groups is 1. The van der Waals surface area contributed by atoms with Gasteiger partial charge in [0.05, 0.1) is 29.9 Å². The fourth-order valence-electron chi connectivity index (χ4n) is 2.32. The quantitative estimate of drug-likeness (QED) is 0.503. The highest BCUT2D eigenvalue weighted by atomic mass is 16.4. The van der Waals surface area contributed by atoms with Crippen molar-refractivity contribution >= 4 is 28.5 Å². The molecule has 0 aromatic carbocycles. The van der Waals surface area contributed by atoms with E-state index in [1.807, 2.05) is 0 Å². The van der Waals surface area contributed by atoms with E-state index in [4.69, 9.17) is 9.52 Å². The first kappa shape index (κ1) is 14.9. The lowest BCUT2D eigenvalue weighted by Gasteiger charge is -2.07. The second-order valence-electron chi connectivity index (χ2n) is 5.39. The lowest BCUT2D eigenvalue weighted by Crippen LogP contribution is -2.15. The van der Waals surface area contributed by atoms with Crippen molar-refractivity contribution in [3.05, 3.63) is 37.2 Å². The lowest BCUT2D eigenvalue weighted by atomic mass is 10.3. The standard InChI is InChI=1S/C15H13N7O3/c1-8(15(23)24)22-6-10(4-17-22)18-14-12-11(5-16-21-12)19-13(20-14)9-2-3-25-7-9/h2-8H,1H3,(H,16,21)(H,23,24)(H,18,19,20). The minimum absolute atomic E-state index is 0.483. The Morgan fingerprint density at radius 3 is 3.04 bits per heavy atom. The summed E-state index contributed by atoms with van der Waals surface area (Å²) >= 11 is 0. The molecule has 0 saturated heterocycles. The molecule has 4 rings (SSSR count). The molecule has 25 heavy (non-hydrogen) atoms. The summed E-state index contributed by atoms with van der Waals surface area (Å²) in [7, 11) is 0. The van der Waals surface area contributed by atoms with Crippen LogP contribution in [0.2, 0.25) is 0 Å². The van der Waals surface area contributed by atoms with Crippen molar-refractivity contribution < 1.29 is 14.3 Å². The van der Waals surface area contributed by atoms with Crippen LogP contribution in [-0.4, -0.2) is 41.0 Å². The molecule has 0 bridgehead atoms. The van der Waals surface area contributed by atoms with E-state index in [-0.39, 0.29) is 0 Å². The molecule has 126 valence electrons. The van der Waals surface area contributed by atoms with E-state index >= 15 is 0 Å². The van der Waals surface area contributed by atoms with Gasteiger partial charge in [-0.2, -0.15) is 10.2 Å². The summed E-state index contributed by atoms with van der Waals surface area (Å²) in [5, 5.41) is 23.1. The molecule has 0 radical (unpaired) electrons. The Bertz CT molecular complexity index is 1030. The number of anilines is 2. The zero-order valence-electron chi connectivity index (χ0n) is 13.0. The van der Waals surface area contributed by atoms with E-state index in [0.29, 0.717) is 28.4 Å². The molecule has 4 aromatic heterocycles. The van der Waals surface area contributed by atoms with Crippen molar-refractivity contribution in [2.45, 2.75) is 13.0 Å². The first-order chi connectivity index (χ1) is 12.1. The smallest absolute Gasteiger partial charge is 0.328 e. The number of carboxylic acid groups (broad SMARTS) is 1. The van der Waals surface area contributed by atoms with Gasteiger partial charge >= 0.3 is 5.97 Å². The number of hydrogen-bond donors (Lipinski definition) is 3. The number of nitrogens with zero attached hydrogens (tertiary/aromatic N) is 5. The molecule has 0 amide bonds. The number of hydrogen-bond acceptors (Lipinski definition) is 7. The number of carboxylic acids is 1.